The third-order valence-electron chi connectivity index (χ3n) is 5.22. The van der Waals surface area contributed by atoms with Crippen molar-refractivity contribution in [1.29, 1.82) is 0 Å². The van der Waals surface area contributed by atoms with Crippen LogP contribution in [0.3, 0.4) is 0 Å². The first-order valence-electron chi connectivity index (χ1n) is 10.7. The van der Waals surface area contributed by atoms with Crippen molar-refractivity contribution in [3.05, 3.63) is 88.9 Å². The third kappa shape index (κ3) is 5.64. The minimum absolute atomic E-state index is 0.0937. The number of aromatic nitrogens is 3. The summed E-state index contributed by atoms with van der Waals surface area (Å²) in [6, 6.07) is 23.6. The van der Waals surface area contributed by atoms with Crippen molar-refractivity contribution in [3.63, 3.8) is 0 Å². The van der Waals surface area contributed by atoms with E-state index in [2.05, 4.69) is 29.4 Å². The van der Waals surface area contributed by atoms with Gasteiger partial charge in [-0.05, 0) is 66.9 Å². The van der Waals surface area contributed by atoms with E-state index in [1.165, 1.54) is 17.3 Å². The number of hydrogen-bond acceptors (Lipinski definition) is 4. The standard InChI is InChI=1S/C26H25ClN4OS/c1-17(2)19-8-12-22(13-9-19)28-24(32)16-33-26-30-29-25(20-6-10-21(27)11-7-20)31(26)23-14-4-18(3)5-15-23/h4-15,17H,16H2,1-3H3,(H,28,32). The van der Waals surface area contributed by atoms with Gasteiger partial charge in [-0.25, -0.2) is 0 Å². The van der Waals surface area contributed by atoms with Gasteiger partial charge in [-0.1, -0.05) is 67.0 Å². The fourth-order valence-corrected chi connectivity index (χ4v) is 4.23. The first-order chi connectivity index (χ1) is 15.9. The van der Waals surface area contributed by atoms with E-state index in [1.54, 1.807) is 0 Å². The number of aryl methyl sites for hydroxylation is 1. The molecule has 3 aromatic carbocycles. The van der Waals surface area contributed by atoms with Crippen LogP contribution in [0.15, 0.2) is 78.0 Å². The lowest BCUT2D eigenvalue weighted by Gasteiger charge is -2.11. The Balaban J connectivity index is 1.55. The molecule has 0 spiro atoms. The zero-order chi connectivity index (χ0) is 23.4. The summed E-state index contributed by atoms with van der Waals surface area (Å²) in [7, 11) is 0. The van der Waals surface area contributed by atoms with E-state index in [4.69, 9.17) is 11.6 Å². The van der Waals surface area contributed by atoms with Gasteiger partial charge in [0, 0.05) is 22.0 Å². The van der Waals surface area contributed by atoms with Crippen LogP contribution in [-0.4, -0.2) is 26.4 Å². The quantitative estimate of drug-likeness (QED) is 0.300. The maximum absolute atomic E-state index is 12.6. The van der Waals surface area contributed by atoms with E-state index >= 15 is 0 Å². The Hall–Kier alpha value is -3.09. The van der Waals surface area contributed by atoms with E-state index in [-0.39, 0.29) is 11.7 Å². The number of carbonyl (C=O) groups excluding carboxylic acids is 1. The second-order valence-electron chi connectivity index (χ2n) is 8.10. The van der Waals surface area contributed by atoms with Crippen molar-refractivity contribution in [3.8, 4) is 17.1 Å². The first kappa shape index (κ1) is 23.1. The number of nitrogens with one attached hydrogen (secondary N) is 1. The van der Waals surface area contributed by atoms with Crippen molar-refractivity contribution in [2.75, 3.05) is 11.1 Å². The number of rotatable bonds is 7. The second kappa shape index (κ2) is 10.2. The Bertz CT molecular complexity index is 1230. The van der Waals surface area contributed by atoms with Crippen molar-refractivity contribution < 1.29 is 4.79 Å². The normalized spacial score (nSPS) is 11.1. The van der Waals surface area contributed by atoms with Crippen molar-refractivity contribution in [2.45, 2.75) is 31.8 Å². The molecule has 0 aliphatic carbocycles. The molecule has 0 bridgehead atoms. The molecule has 7 heteroatoms. The lowest BCUT2D eigenvalue weighted by atomic mass is 10.0. The number of hydrogen-bond donors (Lipinski definition) is 1. The van der Waals surface area contributed by atoms with E-state index in [9.17, 15) is 4.79 Å². The van der Waals surface area contributed by atoms with Crippen molar-refractivity contribution in [1.82, 2.24) is 14.8 Å². The maximum atomic E-state index is 12.6. The SMILES string of the molecule is Cc1ccc(-n2c(SCC(=O)Nc3ccc(C(C)C)cc3)nnc2-c2ccc(Cl)cc2)cc1. The number of anilines is 1. The zero-order valence-electron chi connectivity index (χ0n) is 18.7. The topological polar surface area (TPSA) is 59.8 Å². The molecule has 4 aromatic rings. The molecule has 0 aliphatic rings. The highest BCUT2D eigenvalue weighted by atomic mass is 35.5. The van der Waals surface area contributed by atoms with Crippen LogP contribution in [0.2, 0.25) is 5.02 Å². The molecule has 168 valence electrons. The Morgan fingerprint density at radius 3 is 2.27 bits per heavy atom. The molecule has 0 radical (unpaired) electrons. The van der Waals surface area contributed by atoms with E-state index in [0.717, 1.165) is 22.5 Å². The van der Waals surface area contributed by atoms with Crippen LogP contribution in [-0.2, 0) is 4.79 Å². The van der Waals surface area contributed by atoms with Gasteiger partial charge in [0.15, 0.2) is 11.0 Å². The summed E-state index contributed by atoms with van der Waals surface area (Å²) < 4.78 is 1.97. The Kier molecular flexibility index (Phi) is 7.16. The zero-order valence-corrected chi connectivity index (χ0v) is 20.3. The number of benzene rings is 3. The molecule has 0 saturated carbocycles. The fourth-order valence-electron chi connectivity index (χ4n) is 3.35. The summed E-state index contributed by atoms with van der Waals surface area (Å²) in [6.07, 6.45) is 0. The lowest BCUT2D eigenvalue weighted by molar-refractivity contribution is -0.113. The van der Waals surface area contributed by atoms with Crippen molar-refractivity contribution in [2.24, 2.45) is 0 Å². The molecule has 1 amide bonds. The highest BCUT2D eigenvalue weighted by molar-refractivity contribution is 7.99. The summed E-state index contributed by atoms with van der Waals surface area (Å²) in [5.41, 5.74) is 5.02. The van der Waals surface area contributed by atoms with Gasteiger partial charge in [-0.2, -0.15) is 0 Å². The van der Waals surface area contributed by atoms with Gasteiger partial charge in [0.1, 0.15) is 0 Å². The smallest absolute Gasteiger partial charge is 0.234 e. The molecule has 0 aliphatic heterocycles. The predicted octanol–water partition coefficient (Wildman–Crippen LogP) is 6.75. The molecule has 0 saturated heterocycles. The van der Waals surface area contributed by atoms with E-state index < -0.39 is 0 Å². The number of nitrogens with zero attached hydrogens (tertiary/aromatic N) is 3. The Morgan fingerprint density at radius 1 is 0.970 bits per heavy atom. The van der Waals surface area contributed by atoms with Crippen LogP contribution >= 0.6 is 23.4 Å². The van der Waals surface area contributed by atoms with Gasteiger partial charge in [0.25, 0.3) is 0 Å². The summed E-state index contributed by atoms with van der Waals surface area (Å²) in [6.45, 7) is 6.34. The van der Waals surface area contributed by atoms with Gasteiger partial charge < -0.3 is 5.32 Å². The lowest BCUT2D eigenvalue weighted by Crippen LogP contribution is -2.14. The van der Waals surface area contributed by atoms with E-state index in [1.807, 2.05) is 84.3 Å². The fraction of sp³-hybridized carbons (Fsp3) is 0.192. The van der Waals surface area contributed by atoms with Crippen molar-refractivity contribution >= 4 is 35.0 Å². The van der Waals surface area contributed by atoms with Crippen LogP contribution in [0.25, 0.3) is 17.1 Å². The summed E-state index contributed by atoms with van der Waals surface area (Å²) in [4.78, 5) is 12.6. The van der Waals surface area contributed by atoms with Gasteiger partial charge in [-0.15, -0.1) is 10.2 Å². The first-order valence-corrected chi connectivity index (χ1v) is 12.1. The number of amides is 1. The second-order valence-corrected chi connectivity index (χ2v) is 9.48. The molecule has 1 aromatic heterocycles. The monoisotopic (exact) mass is 476 g/mol. The van der Waals surface area contributed by atoms with Crippen LogP contribution in [0.5, 0.6) is 0 Å². The molecule has 1 N–H and O–H groups in total. The number of halogens is 1. The minimum Gasteiger partial charge on any atom is -0.325 e. The van der Waals surface area contributed by atoms with Gasteiger partial charge in [0.05, 0.1) is 5.75 Å². The largest absolute Gasteiger partial charge is 0.325 e. The highest BCUT2D eigenvalue weighted by Crippen LogP contribution is 2.29. The molecular formula is C26H25ClN4OS. The van der Waals surface area contributed by atoms with Crippen LogP contribution in [0.1, 0.15) is 30.9 Å². The molecule has 1 heterocycles. The highest BCUT2D eigenvalue weighted by Gasteiger charge is 2.17. The molecule has 5 nitrogen and oxygen atoms in total. The Labute approximate surface area is 203 Å². The summed E-state index contributed by atoms with van der Waals surface area (Å²) in [5, 5.41) is 13.1. The van der Waals surface area contributed by atoms with Crippen LogP contribution in [0, 0.1) is 6.92 Å². The average molecular weight is 477 g/mol. The molecule has 0 fully saturated rings. The minimum atomic E-state index is -0.0937. The molecule has 0 unspecified atom stereocenters. The van der Waals surface area contributed by atoms with Gasteiger partial charge in [0.2, 0.25) is 5.91 Å². The third-order valence-corrected chi connectivity index (χ3v) is 6.40. The van der Waals surface area contributed by atoms with Crippen LogP contribution in [0.4, 0.5) is 5.69 Å². The molecule has 0 atom stereocenters. The number of carbonyl (C=O) groups is 1. The maximum Gasteiger partial charge on any atom is 0.234 e. The Morgan fingerprint density at radius 2 is 1.64 bits per heavy atom. The summed E-state index contributed by atoms with van der Waals surface area (Å²) in [5.74, 6) is 1.27. The predicted molar refractivity (Wildman–Crippen MR) is 136 cm³/mol. The van der Waals surface area contributed by atoms with E-state index in [0.29, 0.717) is 21.9 Å². The molecule has 4 rings (SSSR count). The van der Waals surface area contributed by atoms with Crippen LogP contribution < -0.4 is 5.32 Å². The average Bonchev–Trinajstić information content (AvgIpc) is 3.23. The molecule has 33 heavy (non-hydrogen) atoms. The number of thioether (sulfide) groups is 1. The molecular weight excluding hydrogens is 452 g/mol. The van der Waals surface area contributed by atoms with Gasteiger partial charge in [-0.3, -0.25) is 9.36 Å². The van der Waals surface area contributed by atoms with Gasteiger partial charge >= 0.3 is 0 Å². The summed E-state index contributed by atoms with van der Waals surface area (Å²) >= 11 is 7.41.